The van der Waals surface area contributed by atoms with Gasteiger partial charge in [0.25, 0.3) is 5.69 Å². The molecule has 1 aromatic heterocycles. The fraction of sp³-hybridized carbons (Fsp3) is 0.235. The molecule has 3 aromatic rings. The molecule has 0 unspecified atom stereocenters. The molecule has 3 rings (SSSR count). The van der Waals surface area contributed by atoms with Gasteiger partial charge in [0.15, 0.2) is 5.43 Å². The highest BCUT2D eigenvalue weighted by Crippen LogP contribution is 2.31. The minimum Gasteiger partial charge on any atom is -0.349 e. The van der Waals surface area contributed by atoms with Crippen LogP contribution in [0.4, 0.5) is 5.69 Å². The maximum Gasteiger partial charge on any atom is 0.293 e. The first-order chi connectivity index (χ1) is 10.7. The Labute approximate surface area is 137 Å². The van der Waals surface area contributed by atoms with Crippen molar-refractivity contribution in [3.05, 3.63) is 61.3 Å². The van der Waals surface area contributed by atoms with Crippen LogP contribution in [0.25, 0.3) is 21.8 Å². The summed E-state index contributed by atoms with van der Waals surface area (Å²) in [5, 5.41) is 12.0. The highest BCUT2D eigenvalue weighted by molar-refractivity contribution is 6.36. The average molecular weight is 331 g/mol. The van der Waals surface area contributed by atoms with E-state index < -0.39 is 4.92 Å². The molecule has 2 aromatic carbocycles. The fourth-order valence-electron chi connectivity index (χ4n) is 2.64. The van der Waals surface area contributed by atoms with Gasteiger partial charge in [-0.15, -0.1) is 0 Å². The van der Waals surface area contributed by atoms with Gasteiger partial charge in [-0.25, -0.2) is 0 Å². The normalized spacial score (nSPS) is 12.0. The van der Waals surface area contributed by atoms with E-state index in [1.54, 1.807) is 6.07 Å². The van der Waals surface area contributed by atoms with Crippen LogP contribution in [-0.2, 0) is 5.41 Å². The Bertz CT molecular complexity index is 1020. The Hall–Kier alpha value is -2.40. The number of nitrogens with zero attached hydrogens (tertiary/aromatic N) is 1. The lowest BCUT2D eigenvalue weighted by atomic mass is 9.86. The molecule has 0 radical (unpaired) electrons. The van der Waals surface area contributed by atoms with Crippen molar-refractivity contribution in [2.45, 2.75) is 26.2 Å². The van der Waals surface area contributed by atoms with Crippen LogP contribution in [0.2, 0.25) is 5.02 Å². The molecule has 0 fully saturated rings. The lowest BCUT2D eigenvalue weighted by Crippen LogP contribution is -2.13. The van der Waals surface area contributed by atoms with Crippen molar-refractivity contribution in [2.75, 3.05) is 0 Å². The van der Waals surface area contributed by atoms with Crippen molar-refractivity contribution in [1.29, 1.82) is 0 Å². The zero-order chi connectivity index (χ0) is 16.9. The summed E-state index contributed by atoms with van der Waals surface area (Å²) in [6, 6.07) is 8.21. The second-order valence-corrected chi connectivity index (χ2v) is 6.95. The van der Waals surface area contributed by atoms with E-state index >= 15 is 0 Å². The summed E-state index contributed by atoms with van der Waals surface area (Å²) >= 11 is 6.13. The number of aromatic amines is 1. The molecule has 0 saturated heterocycles. The summed E-state index contributed by atoms with van der Waals surface area (Å²) in [5.41, 5.74) is 1.15. The van der Waals surface area contributed by atoms with Gasteiger partial charge in [-0.3, -0.25) is 14.9 Å². The van der Waals surface area contributed by atoms with E-state index in [1.807, 2.05) is 12.1 Å². The summed E-state index contributed by atoms with van der Waals surface area (Å²) in [4.78, 5) is 26.5. The standard InChI is InChI=1S/C17H15ClN2O3/c1-17(2,3)9-4-6-12-10(8-9)16(21)14-11(18)5-7-13(20(22)23)15(14)19-12/h4-8H,1-3H3,(H,19,21). The lowest BCUT2D eigenvalue weighted by molar-refractivity contribution is -0.383. The third-order valence-electron chi connectivity index (χ3n) is 3.95. The predicted molar refractivity (Wildman–Crippen MR) is 92.4 cm³/mol. The maximum atomic E-state index is 12.8. The largest absolute Gasteiger partial charge is 0.349 e. The minimum atomic E-state index is -0.524. The third kappa shape index (κ3) is 2.47. The molecule has 5 nitrogen and oxygen atoms in total. The molecule has 0 aliphatic heterocycles. The number of benzene rings is 2. The maximum absolute atomic E-state index is 12.8. The molecule has 0 aliphatic rings. The number of nitrogens with one attached hydrogen (secondary N) is 1. The van der Waals surface area contributed by atoms with Gasteiger partial charge in [0.05, 0.1) is 15.3 Å². The van der Waals surface area contributed by atoms with Gasteiger partial charge in [-0.05, 0) is 29.2 Å². The van der Waals surface area contributed by atoms with Crippen molar-refractivity contribution in [1.82, 2.24) is 4.98 Å². The smallest absolute Gasteiger partial charge is 0.293 e. The topological polar surface area (TPSA) is 76.0 Å². The third-order valence-corrected chi connectivity index (χ3v) is 4.26. The Kier molecular flexibility index (Phi) is 3.41. The quantitative estimate of drug-likeness (QED) is 0.404. The Morgan fingerprint density at radius 1 is 1.17 bits per heavy atom. The van der Waals surface area contributed by atoms with E-state index in [-0.39, 0.29) is 32.5 Å². The number of hydrogen-bond acceptors (Lipinski definition) is 3. The van der Waals surface area contributed by atoms with E-state index in [0.29, 0.717) is 10.9 Å². The Morgan fingerprint density at radius 3 is 2.48 bits per heavy atom. The SMILES string of the molecule is CC(C)(C)c1ccc2[nH]c3c([N+](=O)[O-])ccc(Cl)c3c(=O)c2c1. The molecule has 0 aliphatic carbocycles. The van der Waals surface area contributed by atoms with Crippen LogP contribution in [0.15, 0.2) is 35.1 Å². The Balaban J connectivity index is 2.50. The van der Waals surface area contributed by atoms with Crippen LogP contribution >= 0.6 is 11.6 Å². The molecule has 1 N–H and O–H groups in total. The molecule has 0 saturated carbocycles. The van der Waals surface area contributed by atoms with Crippen molar-refractivity contribution in [2.24, 2.45) is 0 Å². The molecular formula is C17H15ClN2O3. The average Bonchev–Trinajstić information content (AvgIpc) is 2.45. The number of non-ortho nitro benzene ring substituents is 1. The number of pyridine rings is 1. The molecule has 6 heteroatoms. The number of H-pyrrole nitrogens is 1. The second-order valence-electron chi connectivity index (χ2n) is 6.54. The number of rotatable bonds is 1. The highest BCUT2D eigenvalue weighted by Gasteiger charge is 2.20. The van der Waals surface area contributed by atoms with Crippen LogP contribution in [0.5, 0.6) is 0 Å². The first kappa shape index (κ1) is 15.5. The summed E-state index contributed by atoms with van der Waals surface area (Å²) in [6.45, 7) is 6.17. The first-order valence-corrected chi connectivity index (χ1v) is 7.51. The van der Waals surface area contributed by atoms with E-state index in [4.69, 9.17) is 11.6 Å². The van der Waals surface area contributed by atoms with E-state index in [9.17, 15) is 14.9 Å². The predicted octanol–water partition coefficient (Wildman–Crippen LogP) is 4.54. The van der Waals surface area contributed by atoms with E-state index in [2.05, 4.69) is 25.8 Å². The van der Waals surface area contributed by atoms with Gasteiger partial charge in [-0.1, -0.05) is 38.4 Å². The van der Waals surface area contributed by atoms with Crippen LogP contribution in [0, 0.1) is 10.1 Å². The molecule has 0 spiro atoms. The summed E-state index contributed by atoms with van der Waals surface area (Å²) in [7, 11) is 0. The van der Waals surface area contributed by atoms with Gasteiger partial charge in [0, 0.05) is 17.0 Å². The van der Waals surface area contributed by atoms with Crippen LogP contribution in [-0.4, -0.2) is 9.91 Å². The number of fused-ring (bicyclic) bond motifs is 2. The van der Waals surface area contributed by atoms with Gasteiger partial charge in [-0.2, -0.15) is 0 Å². The molecule has 0 bridgehead atoms. The van der Waals surface area contributed by atoms with Crippen molar-refractivity contribution in [3.63, 3.8) is 0 Å². The molecule has 118 valence electrons. The highest BCUT2D eigenvalue weighted by atomic mass is 35.5. The molecular weight excluding hydrogens is 316 g/mol. The van der Waals surface area contributed by atoms with Gasteiger partial charge < -0.3 is 4.98 Å². The molecule has 0 amide bonds. The number of aromatic nitrogens is 1. The summed E-state index contributed by atoms with van der Waals surface area (Å²) < 4.78 is 0. The number of nitro groups is 1. The van der Waals surface area contributed by atoms with Crippen molar-refractivity contribution >= 4 is 39.1 Å². The minimum absolute atomic E-state index is 0.109. The fourth-order valence-corrected chi connectivity index (χ4v) is 2.89. The Morgan fingerprint density at radius 2 is 1.87 bits per heavy atom. The van der Waals surface area contributed by atoms with Crippen molar-refractivity contribution < 1.29 is 4.92 Å². The van der Waals surface area contributed by atoms with Crippen LogP contribution in [0.1, 0.15) is 26.3 Å². The zero-order valence-corrected chi connectivity index (χ0v) is 13.7. The van der Waals surface area contributed by atoms with Crippen molar-refractivity contribution in [3.8, 4) is 0 Å². The van der Waals surface area contributed by atoms with E-state index in [1.165, 1.54) is 12.1 Å². The van der Waals surface area contributed by atoms with Crippen LogP contribution in [0.3, 0.4) is 0 Å². The molecule has 0 atom stereocenters. The van der Waals surface area contributed by atoms with Gasteiger partial charge in [0.2, 0.25) is 0 Å². The first-order valence-electron chi connectivity index (χ1n) is 7.13. The lowest BCUT2D eigenvalue weighted by Gasteiger charge is -2.19. The number of hydrogen-bond donors (Lipinski definition) is 1. The molecule has 1 heterocycles. The summed E-state index contributed by atoms with van der Waals surface area (Å²) in [5.74, 6) is 0. The summed E-state index contributed by atoms with van der Waals surface area (Å²) in [6.07, 6.45) is 0. The van der Waals surface area contributed by atoms with Crippen LogP contribution < -0.4 is 5.43 Å². The monoisotopic (exact) mass is 330 g/mol. The van der Waals surface area contributed by atoms with E-state index in [0.717, 1.165) is 5.56 Å². The number of halogens is 1. The molecule has 23 heavy (non-hydrogen) atoms. The second kappa shape index (κ2) is 5.06. The van der Waals surface area contributed by atoms with Gasteiger partial charge >= 0.3 is 0 Å². The zero-order valence-electron chi connectivity index (χ0n) is 12.9. The van der Waals surface area contributed by atoms with Gasteiger partial charge in [0.1, 0.15) is 5.52 Å². The number of nitro benzene ring substituents is 1.